The summed E-state index contributed by atoms with van der Waals surface area (Å²) in [4.78, 5) is 11.8. The quantitative estimate of drug-likeness (QED) is 0.771. The number of amides is 2. The Morgan fingerprint density at radius 1 is 1.00 bits per heavy atom. The van der Waals surface area contributed by atoms with Gasteiger partial charge in [-0.1, -0.05) is 24.3 Å². The van der Waals surface area contributed by atoms with Crippen molar-refractivity contribution in [2.45, 2.75) is 6.92 Å². The number of carbonyl (C=O) groups excluding carboxylic acids is 1. The lowest BCUT2D eigenvalue weighted by Gasteiger charge is -2.10. The van der Waals surface area contributed by atoms with Crippen molar-refractivity contribution >= 4 is 11.7 Å². The van der Waals surface area contributed by atoms with Crippen molar-refractivity contribution in [2.75, 3.05) is 25.1 Å². The summed E-state index contributed by atoms with van der Waals surface area (Å²) < 4.78 is 10.9. The van der Waals surface area contributed by atoms with Gasteiger partial charge in [-0.05, 0) is 31.2 Å². The molecule has 0 heterocycles. The molecule has 0 aromatic heterocycles. The van der Waals surface area contributed by atoms with Gasteiger partial charge in [-0.2, -0.15) is 0 Å². The van der Waals surface area contributed by atoms with Gasteiger partial charge in [0.2, 0.25) is 0 Å². The molecule has 0 radical (unpaired) electrons. The third-order valence-electron chi connectivity index (χ3n) is 2.80. The fourth-order valence-corrected chi connectivity index (χ4v) is 1.86. The Labute approximate surface area is 130 Å². The molecular formula is C17H20N2O3. The predicted molar refractivity (Wildman–Crippen MR) is 86.6 cm³/mol. The molecule has 0 spiro atoms. The predicted octanol–water partition coefficient (Wildman–Crippen LogP) is 3.29. The lowest BCUT2D eigenvalue weighted by atomic mass is 10.3. The van der Waals surface area contributed by atoms with Crippen LogP contribution >= 0.6 is 0 Å². The standard InChI is InChI=1S/C17H20N2O3/c1-2-21-16-10-6-7-14(13-16)19-17(20)18-11-12-22-15-8-4-3-5-9-15/h3-10,13H,2,11-12H2,1H3,(H2,18,19,20). The van der Waals surface area contributed by atoms with Crippen molar-refractivity contribution in [3.8, 4) is 11.5 Å². The Morgan fingerprint density at radius 3 is 2.55 bits per heavy atom. The molecule has 22 heavy (non-hydrogen) atoms. The van der Waals surface area contributed by atoms with Gasteiger partial charge in [0.1, 0.15) is 18.1 Å². The van der Waals surface area contributed by atoms with Crippen LogP contribution in [0.5, 0.6) is 11.5 Å². The van der Waals surface area contributed by atoms with E-state index in [2.05, 4.69) is 10.6 Å². The molecule has 0 unspecified atom stereocenters. The second-order valence-electron chi connectivity index (χ2n) is 4.50. The number of ether oxygens (including phenoxy) is 2. The second-order valence-corrected chi connectivity index (χ2v) is 4.50. The van der Waals surface area contributed by atoms with Crippen LogP contribution in [-0.4, -0.2) is 25.8 Å². The number of para-hydroxylation sites is 1. The lowest BCUT2D eigenvalue weighted by Crippen LogP contribution is -2.32. The molecule has 0 aliphatic carbocycles. The van der Waals surface area contributed by atoms with Gasteiger partial charge in [0.15, 0.2) is 0 Å². The summed E-state index contributed by atoms with van der Waals surface area (Å²) >= 11 is 0. The number of rotatable bonds is 7. The zero-order chi connectivity index (χ0) is 15.6. The number of hydrogen-bond donors (Lipinski definition) is 2. The minimum atomic E-state index is -0.273. The van der Waals surface area contributed by atoms with Gasteiger partial charge in [0.05, 0.1) is 13.2 Å². The number of carbonyl (C=O) groups is 1. The normalized spacial score (nSPS) is 9.86. The monoisotopic (exact) mass is 300 g/mol. The van der Waals surface area contributed by atoms with E-state index < -0.39 is 0 Å². The third kappa shape index (κ3) is 5.36. The average Bonchev–Trinajstić information content (AvgIpc) is 2.53. The van der Waals surface area contributed by atoms with Crippen molar-refractivity contribution < 1.29 is 14.3 Å². The highest BCUT2D eigenvalue weighted by atomic mass is 16.5. The first-order chi connectivity index (χ1) is 10.8. The maximum atomic E-state index is 11.8. The number of anilines is 1. The zero-order valence-electron chi connectivity index (χ0n) is 12.5. The summed E-state index contributed by atoms with van der Waals surface area (Å²) in [5, 5.41) is 5.49. The molecule has 0 atom stereocenters. The molecule has 5 heteroatoms. The molecule has 0 aliphatic rings. The van der Waals surface area contributed by atoms with Crippen LogP contribution in [-0.2, 0) is 0 Å². The van der Waals surface area contributed by atoms with Crippen molar-refractivity contribution in [1.29, 1.82) is 0 Å². The van der Waals surface area contributed by atoms with E-state index in [0.717, 1.165) is 11.5 Å². The molecule has 2 N–H and O–H groups in total. The molecule has 116 valence electrons. The molecule has 0 aliphatic heterocycles. The molecule has 0 saturated heterocycles. The average molecular weight is 300 g/mol. The van der Waals surface area contributed by atoms with Crippen LogP contribution in [0.3, 0.4) is 0 Å². The topological polar surface area (TPSA) is 59.6 Å². The first-order valence-corrected chi connectivity index (χ1v) is 7.23. The fourth-order valence-electron chi connectivity index (χ4n) is 1.86. The van der Waals surface area contributed by atoms with Gasteiger partial charge >= 0.3 is 6.03 Å². The summed E-state index contributed by atoms with van der Waals surface area (Å²) in [6, 6.07) is 16.5. The summed E-state index contributed by atoms with van der Waals surface area (Å²) in [5.74, 6) is 1.52. The molecule has 2 aromatic carbocycles. The third-order valence-corrected chi connectivity index (χ3v) is 2.80. The first kappa shape index (κ1) is 15.7. The maximum absolute atomic E-state index is 11.8. The Morgan fingerprint density at radius 2 is 1.77 bits per heavy atom. The van der Waals surface area contributed by atoms with E-state index >= 15 is 0 Å². The van der Waals surface area contributed by atoms with Crippen LogP contribution in [0.2, 0.25) is 0 Å². The van der Waals surface area contributed by atoms with E-state index in [4.69, 9.17) is 9.47 Å². The number of nitrogens with one attached hydrogen (secondary N) is 2. The van der Waals surface area contributed by atoms with E-state index in [9.17, 15) is 4.79 Å². The van der Waals surface area contributed by atoms with Crippen LogP contribution < -0.4 is 20.1 Å². The van der Waals surface area contributed by atoms with Crippen LogP contribution in [0, 0.1) is 0 Å². The molecular weight excluding hydrogens is 280 g/mol. The Hall–Kier alpha value is -2.69. The lowest BCUT2D eigenvalue weighted by molar-refractivity contribution is 0.247. The highest BCUT2D eigenvalue weighted by Crippen LogP contribution is 2.17. The van der Waals surface area contributed by atoms with Gasteiger partial charge in [0, 0.05) is 11.8 Å². The Bertz CT molecular complexity index is 587. The Kier molecular flexibility index (Phi) is 6.11. The summed E-state index contributed by atoms with van der Waals surface area (Å²) in [7, 11) is 0. The molecule has 0 bridgehead atoms. The van der Waals surface area contributed by atoms with Crippen LogP contribution in [0.15, 0.2) is 54.6 Å². The highest BCUT2D eigenvalue weighted by molar-refractivity contribution is 5.89. The van der Waals surface area contributed by atoms with Crippen LogP contribution in [0.1, 0.15) is 6.92 Å². The Balaban J connectivity index is 1.70. The molecule has 2 amide bonds. The van der Waals surface area contributed by atoms with Crippen LogP contribution in [0.25, 0.3) is 0 Å². The fraction of sp³-hybridized carbons (Fsp3) is 0.235. The molecule has 0 saturated carbocycles. The van der Waals surface area contributed by atoms with Crippen molar-refractivity contribution in [3.05, 3.63) is 54.6 Å². The summed E-state index contributed by atoms with van der Waals surface area (Å²) in [6.45, 7) is 3.34. The van der Waals surface area contributed by atoms with Crippen LogP contribution in [0.4, 0.5) is 10.5 Å². The van der Waals surface area contributed by atoms with E-state index in [1.54, 1.807) is 6.07 Å². The minimum Gasteiger partial charge on any atom is -0.494 e. The first-order valence-electron chi connectivity index (χ1n) is 7.23. The molecule has 0 fully saturated rings. The molecule has 2 aromatic rings. The zero-order valence-corrected chi connectivity index (χ0v) is 12.5. The van der Waals surface area contributed by atoms with Crippen molar-refractivity contribution in [1.82, 2.24) is 5.32 Å². The largest absolute Gasteiger partial charge is 0.494 e. The van der Waals surface area contributed by atoms with E-state index in [1.807, 2.05) is 55.5 Å². The van der Waals surface area contributed by atoms with Gasteiger partial charge in [-0.3, -0.25) is 0 Å². The van der Waals surface area contributed by atoms with Gasteiger partial charge < -0.3 is 20.1 Å². The highest BCUT2D eigenvalue weighted by Gasteiger charge is 2.02. The van der Waals surface area contributed by atoms with Gasteiger partial charge in [0.25, 0.3) is 0 Å². The smallest absolute Gasteiger partial charge is 0.319 e. The van der Waals surface area contributed by atoms with Gasteiger partial charge in [-0.25, -0.2) is 4.79 Å². The molecule has 2 rings (SSSR count). The minimum absolute atomic E-state index is 0.273. The summed E-state index contributed by atoms with van der Waals surface area (Å²) in [6.07, 6.45) is 0. The van der Waals surface area contributed by atoms with E-state index in [0.29, 0.717) is 25.4 Å². The van der Waals surface area contributed by atoms with E-state index in [-0.39, 0.29) is 6.03 Å². The maximum Gasteiger partial charge on any atom is 0.319 e. The number of benzene rings is 2. The van der Waals surface area contributed by atoms with Gasteiger partial charge in [-0.15, -0.1) is 0 Å². The number of hydrogen-bond acceptors (Lipinski definition) is 3. The second kappa shape index (κ2) is 8.56. The number of urea groups is 1. The summed E-state index contributed by atoms with van der Waals surface area (Å²) in [5.41, 5.74) is 0.687. The SMILES string of the molecule is CCOc1cccc(NC(=O)NCCOc2ccccc2)c1. The van der Waals surface area contributed by atoms with Crippen molar-refractivity contribution in [2.24, 2.45) is 0 Å². The van der Waals surface area contributed by atoms with E-state index in [1.165, 1.54) is 0 Å². The molecule has 5 nitrogen and oxygen atoms in total. The van der Waals surface area contributed by atoms with Crippen molar-refractivity contribution in [3.63, 3.8) is 0 Å².